The molecule has 0 aliphatic heterocycles. The summed E-state index contributed by atoms with van der Waals surface area (Å²) in [6.07, 6.45) is 0.102. The summed E-state index contributed by atoms with van der Waals surface area (Å²) in [4.78, 5) is 15.9. The maximum Gasteiger partial charge on any atom is 0.392 e. The highest BCUT2D eigenvalue weighted by Crippen LogP contribution is 2.41. The van der Waals surface area contributed by atoms with Crippen LogP contribution in [-0.2, 0) is 11.3 Å². The van der Waals surface area contributed by atoms with Crippen LogP contribution in [0.4, 0.5) is 13.2 Å². The molecule has 5 nitrogen and oxygen atoms in total. The Kier molecular flexibility index (Phi) is 4.84. The van der Waals surface area contributed by atoms with Crippen LogP contribution in [0.5, 0.6) is 0 Å². The molecular formula is C13H19F3N4O. The number of aromatic nitrogens is 3. The van der Waals surface area contributed by atoms with Crippen LogP contribution in [-0.4, -0.2) is 32.9 Å². The minimum absolute atomic E-state index is 0.0407. The SMILES string of the molecule is CC(Cn1cncn1)NC(=O)C1CCCCC1C(F)(F)F. The van der Waals surface area contributed by atoms with Crippen molar-refractivity contribution in [1.29, 1.82) is 0 Å². The molecule has 3 atom stereocenters. The number of nitrogens with zero attached hydrogens (tertiary/aromatic N) is 3. The van der Waals surface area contributed by atoms with Crippen molar-refractivity contribution >= 4 is 5.91 Å². The summed E-state index contributed by atoms with van der Waals surface area (Å²) in [5.74, 6) is -3.01. The maximum atomic E-state index is 13.0. The van der Waals surface area contributed by atoms with Gasteiger partial charge in [-0.05, 0) is 19.8 Å². The number of carbonyl (C=O) groups is 1. The van der Waals surface area contributed by atoms with Crippen molar-refractivity contribution in [2.75, 3.05) is 0 Å². The van der Waals surface area contributed by atoms with Gasteiger partial charge in [-0.1, -0.05) is 12.8 Å². The summed E-state index contributed by atoms with van der Waals surface area (Å²) in [6, 6.07) is -0.296. The smallest absolute Gasteiger partial charge is 0.352 e. The van der Waals surface area contributed by atoms with Gasteiger partial charge in [-0.15, -0.1) is 0 Å². The van der Waals surface area contributed by atoms with E-state index < -0.39 is 23.9 Å². The van der Waals surface area contributed by atoms with Gasteiger partial charge in [-0.25, -0.2) is 4.98 Å². The first-order valence-electron chi connectivity index (χ1n) is 7.07. The van der Waals surface area contributed by atoms with Crippen molar-refractivity contribution in [3.05, 3.63) is 12.7 Å². The molecule has 1 amide bonds. The van der Waals surface area contributed by atoms with E-state index in [4.69, 9.17) is 0 Å². The number of hydrogen-bond acceptors (Lipinski definition) is 3. The fourth-order valence-electron chi connectivity index (χ4n) is 2.84. The van der Waals surface area contributed by atoms with Crippen LogP contribution in [0.2, 0.25) is 0 Å². The van der Waals surface area contributed by atoms with Crippen molar-refractivity contribution in [3.8, 4) is 0 Å². The number of alkyl halides is 3. The van der Waals surface area contributed by atoms with E-state index in [9.17, 15) is 18.0 Å². The first-order valence-corrected chi connectivity index (χ1v) is 7.07. The Balaban J connectivity index is 1.94. The second-order valence-corrected chi connectivity index (χ2v) is 5.57. The third kappa shape index (κ3) is 4.18. The van der Waals surface area contributed by atoms with E-state index in [1.165, 1.54) is 17.3 Å². The molecule has 1 aromatic heterocycles. The van der Waals surface area contributed by atoms with Gasteiger partial charge in [0, 0.05) is 12.0 Å². The number of amides is 1. The second kappa shape index (κ2) is 6.44. The summed E-state index contributed by atoms with van der Waals surface area (Å²) in [6.45, 7) is 2.13. The Morgan fingerprint density at radius 3 is 2.76 bits per heavy atom. The third-order valence-corrected chi connectivity index (χ3v) is 3.84. The third-order valence-electron chi connectivity index (χ3n) is 3.84. The predicted molar refractivity (Wildman–Crippen MR) is 69.1 cm³/mol. The van der Waals surface area contributed by atoms with Crippen LogP contribution in [0.25, 0.3) is 0 Å². The van der Waals surface area contributed by atoms with Gasteiger partial charge in [0.2, 0.25) is 5.91 Å². The molecule has 1 fully saturated rings. The molecule has 1 aliphatic carbocycles. The lowest BCUT2D eigenvalue weighted by atomic mass is 9.78. The zero-order chi connectivity index (χ0) is 15.5. The molecule has 1 heterocycles. The summed E-state index contributed by atoms with van der Waals surface area (Å²) < 4.78 is 40.5. The molecule has 8 heteroatoms. The first-order chi connectivity index (χ1) is 9.88. The number of nitrogens with one attached hydrogen (secondary N) is 1. The maximum absolute atomic E-state index is 13.0. The minimum Gasteiger partial charge on any atom is -0.352 e. The van der Waals surface area contributed by atoms with Gasteiger partial charge in [0.25, 0.3) is 0 Å². The number of hydrogen-bond donors (Lipinski definition) is 1. The van der Waals surface area contributed by atoms with Crippen LogP contribution in [0.1, 0.15) is 32.6 Å². The monoisotopic (exact) mass is 304 g/mol. The molecule has 1 aromatic rings. The van der Waals surface area contributed by atoms with Crippen molar-refractivity contribution in [2.24, 2.45) is 11.8 Å². The van der Waals surface area contributed by atoms with Gasteiger partial charge in [0.1, 0.15) is 12.7 Å². The quantitative estimate of drug-likeness (QED) is 0.927. The van der Waals surface area contributed by atoms with E-state index in [0.717, 1.165) is 0 Å². The van der Waals surface area contributed by atoms with Gasteiger partial charge in [0.05, 0.1) is 12.5 Å². The lowest BCUT2D eigenvalue weighted by molar-refractivity contribution is -0.198. The summed E-state index contributed by atoms with van der Waals surface area (Å²) in [5.41, 5.74) is 0. The van der Waals surface area contributed by atoms with E-state index in [-0.39, 0.29) is 12.5 Å². The minimum atomic E-state index is -4.31. The second-order valence-electron chi connectivity index (χ2n) is 5.57. The molecule has 1 saturated carbocycles. The standard InChI is InChI=1S/C13H19F3N4O/c1-9(6-20-8-17-7-18-20)19-12(21)10-4-2-3-5-11(10)13(14,15)16/h7-11H,2-6H2,1H3,(H,19,21). The highest BCUT2D eigenvalue weighted by atomic mass is 19.4. The molecular weight excluding hydrogens is 285 g/mol. The van der Waals surface area contributed by atoms with Crippen LogP contribution in [0.3, 0.4) is 0 Å². The zero-order valence-electron chi connectivity index (χ0n) is 11.8. The number of rotatable bonds is 4. The topological polar surface area (TPSA) is 59.8 Å². The van der Waals surface area contributed by atoms with Crippen molar-refractivity contribution < 1.29 is 18.0 Å². The molecule has 0 radical (unpaired) electrons. The first kappa shape index (κ1) is 15.8. The molecule has 0 spiro atoms. The lowest BCUT2D eigenvalue weighted by Crippen LogP contribution is -2.46. The van der Waals surface area contributed by atoms with Crippen LogP contribution in [0, 0.1) is 11.8 Å². The zero-order valence-corrected chi connectivity index (χ0v) is 11.8. The largest absolute Gasteiger partial charge is 0.392 e. The Bertz CT molecular complexity index is 460. The Morgan fingerprint density at radius 2 is 2.14 bits per heavy atom. The molecule has 1 aliphatic rings. The Hall–Kier alpha value is -1.60. The predicted octanol–water partition coefficient (Wildman–Crippen LogP) is 2.15. The van der Waals surface area contributed by atoms with E-state index >= 15 is 0 Å². The van der Waals surface area contributed by atoms with Crippen molar-refractivity contribution in [3.63, 3.8) is 0 Å². The summed E-state index contributed by atoms with van der Waals surface area (Å²) >= 11 is 0. The fourth-order valence-corrected chi connectivity index (χ4v) is 2.84. The van der Waals surface area contributed by atoms with E-state index in [2.05, 4.69) is 15.4 Å². The van der Waals surface area contributed by atoms with Crippen molar-refractivity contribution in [1.82, 2.24) is 20.1 Å². The summed E-state index contributed by atoms with van der Waals surface area (Å²) in [7, 11) is 0. The molecule has 118 valence electrons. The average Bonchev–Trinajstić information content (AvgIpc) is 2.90. The molecule has 0 saturated heterocycles. The van der Waals surface area contributed by atoms with Gasteiger partial charge in [0.15, 0.2) is 0 Å². The molecule has 2 rings (SSSR count). The highest BCUT2D eigenvalue weighted by Gasteiger charge is 2.48. The Morgan fingerprint density at radius 1 is 1.43 bits per heavy atom. The number of carbonyl (C=O) groups excluding carboxylic acids is 1. The number of halogens is 3. The Labute approximate surface area is 120 Å². The van der Waals surface area contributed by atoms with Crippen LogP contribution >= 0.6 is 0 Å². The van der Waals surface area contributed by atoms with Gasteiger partial charge >= 0.3 is 6.18 Å². The summed E-state index contributed by atoms with van der Waals surface area (Å²) in [5, 5.41) is 6.57. The average molecular weight is 304 g/mol. The molecule has 21 heavy (non-hydrogen) atoms. The molecule has 0 aromatic carbocycles. The van der Waals surface area contributed by atoms with E-state index in [0.29, 0.717) is 25.8 Å². The van der Waals surface area contributed by atoms with Crippen molar-refractivity contribution in [2.45, 2.75) is 51.4 Å². The van der Waals surface area contributed by atoms with E-state index in [1.807, 2.05) is 0 Å². The normalized spacial score (nSPS) is 24.6. The van der Waals surface area contributed by atoms with Gasteiger partial charge < -0.3 is 5.32 Å². The van der Waals surface area contributed by atoms with E-state index in [1.54, 1.807) is 6.92 Å². The fraction of sp³-hybridized carbons (Fsp3) is 0.769. The van der Waals surface area contributed by atoms with Crippen LogP contribution < -0.4 is 5.32 Å². The molecule has 0 bridgehead atoms. The van der Waals surface area contributed by atoms with Gasteiger partial charge in [-0.3, -0.25) is 9.48 Å². The molecule has 1 N–H and O–H groups in total. The van der Waals surface area contributed by atoms with Crippen LogP contribution in [0.15, 0.2) is 12.7 Å². The molecule has 3 unspecified atom stereocenters. The van der Waals surface area contributed by atoms with Gasteiger partial charge in [-0.2, -0.15) is 18.3 Å². The highest BCUT2D eigenvalue weighted by molar-refractivity contribution is 5.79. The lowest BCUT2D eigenvalue weighted by Gasteiger charge is -2.32.